The summed E-state index contributed by atoms with van der Waals surface area (Å²) in [6, 6.07) is 11.4. The van der Waals surface area contributed by atoms with Gasteiger partial charge in [0.2, 0.25) is 0 Å². The van der Waals surface area contributed by atoms with E-state index in [0.717, 1.165) is 40.7 Å². The van der Waals surface area contributed by atoms with E-state index in [2.05, 4.69) is 15.3 Å². The van der Waals surface area contributed by atoms with Crippen LogP contribution in [0.15, 0.2) is 48.8 Å². The molecule has 0 bridgehead atoms. The van der Waals surface area contributed by atoms with Gasteiger partial charge in [0.15, 0.2) is 0 Å². The number of nitrogens with one attached hydrogen (secondary N) is 1. The maximum absolute atomic E-state index is 13.8. The number of aromatic nitrogens is 2. The van der Waals surface area contributed by atoms with Gasteiger partial charge in [0.25, 0.3) is 0 Å². The number of fused-ring (bicyclic) bond motifs is 2. The fourth-order valence-electron chi connectivity index (χ4n) is 3.01. The molecule has 0 saturated heterocycles. The number of benzene rings is 2. The Morgan fingerprint density at radius 3 is 2.81 bits per heavy atom. The van der Waals surface area contributed by atoms with Crippen molar-refractivity contribution < 1.29 is 4.39 Å². The van der Waals surface area contributed by atoms with E-state index in [0.29, 0.717) is 0 Å². The van der Waals surface area contributed by atoms with Gasteiger partial charge < -0.3 is 5.32 Å². The molecule has 1 aliphatic rings. The van der Waals surface area contributed by atoms with Crippen LogP contribution in [0.5, 0.6) is 0 Å². The Hall–Kier alpha value is -2.49. The predicted molar refractivity (Wildman–Crippen MR) is 80.6 cm³/mol. The predicted octanol–water partition coefficient (Wildman–Crippen LogP) is 3.87. The molecule has 3 nitrogen and oxygen atoms in total. The second-order valence-corrected chi connectivity index (χ2v) is 5.30. The highest BCUT2D eigenvalue weighted by Crippen LogP contribution is 2.35. The summed E-state index contributed by atoms with van der Waals surface area (Å²) in [7, 11) is 0. The van der Waals surface area contributed by atoms with Crippen molar-refractivity contribution in [2.45, 2.75) is 18.9 Å². The molecule has 0 radical (unpaired) electrons. The standard InChI is InChI=1S/C17H14FN3/c18-14-3-1-2-13-12(14)5-7-15(13)21-11-4-6-16-17(10-11)20-9-8-19-16/h1-4,6,8-10,15,21H,5,7H2. The summed E-state index contributed by atoms with van der Waals surface area (Å²) in [6.45, 7) is 0. The molecule has 2 aromatic carbocycles. The van der Waals surface area contributed by atoms with Crippen molar-refractivity contribution in [1.82, 2.24) is 9.97 Å². The SMILES string of the molecule is Fc1cccc2c1CCC2Nc1ccc2nccnc2c1. The average molecular weight is 279 g/mol. The third kappa shape index (κ3) is 2.13. The van der Waals surface area contributed by atoms with Crippen LogP contribution in [0.4, 0.5) is 10.1 Å². The minimum absolute atomic E-state index is 0.0961. The van der Waals surface area contributed by atoms with E-state index in [1.165, 1.54) is 6.07 Å². The largest absolute Gasteiger partial charge is 0.378 e. The van der Waals surface area contributed by atoms with Gasteiger partial charge in [0, 0.05) is 18.1 Å². The van der Waals surface area contributed by atoms with Gasteiger partial charge in [0.05, 0.1) is 17.1 Å². The topological polar surface area (TPSA) is 37.8 Å². The first-order valence-corrected chi connectivity index (χ1v) is 7.06. The maximum Gasteiger partial charge on any atom is 0.126 e. The molecule has 0 saturated carbocycles. The second-order valence-electron chi connectivity index (χ2n) is 5.30. The highest BCUT2D eigenvalue weighted by Gasteiger charge is 2.24. The van der Waals surface area contributed by atoms with Gasteiger partial charge in [-0.05, 0) is 48.2 Å². The quantitative estimate of drug-likeness (QED) is 0.774. The molecule has 4 rings (SSSR count). The molecule has 0 spiro atoms. The molecule has 1 N–H and O–H groups in total. The van der Waals surface area contributed by atoms with Gasteiger partial charge in [-0.15, -0.1) is 0 Å². The molecule has 3 aromatic rings. The fourth-order valence-corrected chi connectivity index (χ4v) is 3.01. The van der Waals surface area contributed by atoms with Gasteiger partial charge in [-0.1, -0.05) is 12.1 Å². The molecule has 4 heteroatoms. The Bertz CT molecular complexity index is 816. The summed E-state index contributed by atoms with van der Waals surface area (Å²) < 4.78 is 13.8. The van der Waals surface area contributed by atoms with E-state index in [1.54, 1.807) is 18.5 Å². The zero-order valence-electron chi connectivity index (χ0n) is 11.4. The molecule has 0 amide bonds. The van der Waals surface area contributed by atoms with E-state index in [4.69, 9.17) is 0 Å². The van der Waals surface area contributed by atoms with Crippen LogP contribution in [0.25, 0.3) is 11.0 Å². The number of anilines is 1. The number of halogens is 1. The second kappa shape index (κ2) is 4.81. The van der Waals surface area contributed by atoms with Crippen LogP contribution in [0.2, 0.25) is 0 Å². The van der Waals surface area contributed by atoms with Crippen molar-refractivity contribution in [3.63, 3.8) is 0 Å². The summed E-state index contributed by atoms with van der Waals surface area (Å²) >= 11 is 0. The highest BCUT2D eigenvalue weighted by atomic mass is 19.1. The lowest BCUT2D eigenvalue weighted by Crippen LogP contribution is -2.07. The average Bonchev–Trinajstić information content (AvgIpc) is 2.92. The van der Waals surface area contributed by atoms with Crippen LogP contribution in [0.1, 0.15) is 23.6 Å². The monoisotopic (exact) mass is 279 g/mol. The van der Waals surface area contributed by atoms with E-state index in [1.807, 2.05) is 24.3 Å². The lowest BCUT2D eigenvalue weighted by atomic mass is 10.1. The molecule has 1 atom stereocenters. The normalized spacial score (nSPS) is 16.9. The minimum atomic E-state index is -0.0961. The van der Waals surface area contributed by atoms with Crippen molar-refractivity contribution >= 4 is 16.7 Å². The Balaban J connectivity index is 1.66. The Kier molecular flexibility index (Phi) is 2.81. The van der Waals surface area contributed by atoms with E-state index in [-0.39, 0.29) is 11.9 Å². The molecule has 21 heavy (non-hydrogen) atoms. The smallest absolute Gasteiger partial charge is 0.126 e. The maximum atomic E-state index is 13.8. The first kappa shape index (κ1) is 12.3. The Morgan fingerprint density at radius 2 is 1.90 bits per heavy atom. The van der Waals surface area contributed by atoms with Crippen molar-refractivity contribution in [1.29, 1.82) is 0 Å². The van der Waals surface area contributed by atoms with Crippen molar-refractivity contribution in [2.24, 2.45) is 0 Å². The lowest BCUT2D eigenvalue weighted by Gasteiger charge is -2.15. The third-order valence-corrected chi connectivity index (χ3v) is 4.02. The number of nitrogens with zero attached hydrogens (tertiary/aromatic N) is 2. The molecule has 1 heterocycles. The van der Waals surface area contributed by atoms with Gasteiger partial charge >= 0.3 is 0 Å². The van der Waals surface area contributed by atoms with E-state index >= 15 is 0 Å². The zero-order chi connectivity index (χ0) is 14.2. The summed E-state index contributed by atoms with van der Waals surface area (Å²) in [5, 5.41) is 3.48. The van der Waals surface area contributed by atoms with Crippen LogP contribution < -0.4 is 5.32 Å². The van der Waals surface area contributed by atoms with Crippen molar-refractivity contribution in [2.75, 3.05) is 5.32 Å². The molecule has 0 fully saturated rings. The summed E-state index contributed by atoms with van der Waals surface area (Å²) in [4.78, 5) is 8.57. The van der Waals surface area contributed by atoms with Gasteiger partial charge in [0.1, 0.15) is 5.82 Å². The molecule has 1 aromatic heterocycles. The first-order valence-electron chi connectivity index (χ1n) is 7.06. The molecular formula is C17H14FN3. The van der Waals surface area contributed by atoms with Crippen LogP contribution in [-0.4, -0.2) is 9.97 Å². The fraction of sp³-hybridized carbons (Fsp3) is 0.176. The molecule has 104 valence electrons. The molecular weight excluding hydrogens is 265 g/mol. The molecule has 0 aliphatic heterocycles. The van der Waals surface area contributed by atoms with Crippen LogP contribution in [-0.2, 0) is 6.42 Å². The van der Waals surface area contributed by atoms with Gasteiger partial charge in [-0.3, -0.25) is 9.97 Å². The van der Waals surface area contributed by atoms with Crippen molar-refractivity contribution in [3.8, 4) is 0 Å². The van der Waals surface area contributed by atoms with Crippen LogP contribution >= 0.6 is 0 Å². The number of rotatable bonds is 2. The van der Waals surface area contributed by atoms with E-state index in [9.17, 15) is 4.39 Å². The van der Waals surface area contributed by atoms with Gasteiger partial charge in [-0.2, -0.15) is 0 Å². The molecule has 1 aliphatic carbocycles. The Morgan fingerprint density at radius 1 is 1.05 bits per heavy atom. The number of hydrogen-bond acceptors (Lipinski definition) is 3. The van der Waals surface area contributed by atoms with Gasteiger partial charge in [-0.25, -0.2) is 4.39 Å². The van der Waals surface area contributed by atoms with E-state index < -0.39 is 0 Å². The first-order chi connectivity index (χ1) is 10.3. The minimum Gasteiger partial charge on any atom is -0.378 e. The van der Waals surface area contributed by atoms with Crippen molar-refractivity contribution in [3.05, 3.63) is 65.7 Å². The highest BCUT2D eigenvalue weighted by molar-refractivity contribution is 5.78. The lowest BCUT2D eigenvalue weighted by molar-refractivity contribution is 0.612. The summed E-state index contributed by atoms with van der Waals surface area (Å²) in [6.07, 6.45) is 5.07. The Labute approximate surface area is 121 Å². The third-order valence-electron chi connectivity index (χ3n) is 4.02. The van der Waals surface area contributed by atoms with Crippen LogP contribution in [0.3, 0.4) is 0 Å². The summed E-state index contributed by atoms with van der Waals surface area (Å²) in [5.41, 5.74) is 4.64. The molecule has 1 unspecified atom stereocenters. The number of hydrogen-bond donors (Lipinski definition) is 1. The zero-order valence-corrected chi connectivity index (χ0v) is 11.4. The van der Waals surface area contributed by atoms with Crippen LogP contribution in [0, 0.1) is 5.82 Å². The summed E-state index contributed by atoms with van der Waals surface area (Å²) in [5.74, 6) is -0.0961.